The van der Waals surface area contributed by atoms with E-state index in [1.807, 2.05) is 25.1 Å². The Morgan fingerprint density at radius 3 is 2.94 bits per heavy atom. The van der Waals surface area contributed by atoms with Gasteiger partial charge in [0.25, 0.3) is 0 Å². The molecule has 17 heavy (non-hydrogen) atoms. The van der Waals surface area contributed by atoms with Crippen molar-refractivity contribution in [1.29, 1.82) is 0 Å². The Hall–Kier alpha value is -2.01. The topological polar surface area (TPSA) is 73.2 Å². The quantitative estimate of drug-likeness (QED) is 0.826. The Labute approximate surface area is 98.6 Å². The second kappa shape index (κ2) is 3.78. The van der Waals surface area contributed by atoms with E-state index in [-0.39, 0.29) is 12.8 Å². The van der Waals surface area contributed by atoms with Gasteiger partial charge in [0.1, 0.15) is 5.82 Å². The normalized spacial score (nSPS) is 14.9. The fourth-order valence-electron chi connectivity index (χ4n) is 1.78. The lowest BCUT2D eigenvalue weighted by Gasteiger charge is -2.01. The number of nitrogens with zero attached hydrogens (tertiary/aromatic N) is 1. The molecular formula is C12H13N3O2. The molecule has 5 heteroatoms. The van der Waals surface area contributed by atoms with Crippen molar-refractivity contribution in [3.8, 4) is 22.8 Å². The lowest BCUT2D eigenvalue weighted by molar-refractivity contribution is 0.174. The first-order valence-corrected chi connectivity index (χ1v) is 5.44. The molecule has 1 aromatic heterocycles. The standard InChI is InChI=1S/C12H13N3O2/c1-7(13)12-14-5-9(15-12)8-2-3-10-11(4-8)17-6-16-10/h2-5,7H,6,13H2,1H3,(H,14,15)/t7-/m1/s1. The summed E-state index contributed by atoms with van der Waals surface area (Å²) < 4.78 is 10.6. The predicted molar refractivity (Wildman–Crippen MR) is 62.7 cm³/mol. The molecule has 0 saturated carbocycles. The van der Waals surface area contributed by atoms with Crippen molar-refractivity contribution in [2.75, 3.05) is 6.79 Å². The van der Waals surface area contributed by atoms with Crippen LogP contribution in [0.2, 0.25) is 0 Å². The van der Waals surface area contributed by atoms with Gasteiger partial charge >= 0.3 is 0 Å². The van der Waals surface area contributed by atoms with Gasteiger partial charge in [-0.05, 0) is 25.1 Å². The average Bonchev–Trinajstić information content (AvgIpc) is 2.97. The van der Waals surface area contributed by atoms with Crippen molar-refractivity contribution in [3.05, 3.63) is 30.2 Å². The Morgan fingerprint density at radius 2 is 2.18 bits per heavy atom. The molecule has 0 radical (unpaired) electrons. The van der Waals surface area contributed by atoms with E-state index < -0.39 is 0 Å². The molecule has 3 N–H and O–H groups in total. The molecule has 0 spiro atoms. The lowest BCUT2D eigenvalue weighted by atomic mass is 10.1. The average molecular weight is 231 g/mol. The third-order valence-corrected chi connectivity index (χ3v) is 2.71. The van der Waals surface area contributed by atoms with E-state index in [0.717, 1.165) is 28.6 Å². The first kappa shape index (κ1) is 10.2. The second-order valence-corrected chi connectivity index (χ2v) is 4.04. The molecule has 1 atom stereocenters. The third-order valence-electron chi connectivity index (χ3n) is 2.71. The highest BCUT2D eigenvalue weighted by Crippen LogP contribution is 2.35. The number of hydrogen-bond donors (Lipinski definition) is 2. The summed E-state index contributed by atoms with van der Waals surface area (Å²) in [5, 5.41) is 0. The zero-order chi connectivity index (χ0) is 11.8. The monoisotopic (exact) mass is 231 g/mol. The predicted octanol–water partition coefficient (Wildman–Crippen LogP) is 1.83. The molecule has 0 saturated heterocycles. The molecule has 0 bridgehead atoms. The Balaban J connectivity index is 1.97. The van der Waals surface area contributed by atoms with Crippen molar-refractivity contribution < 1.29 is 9.47 Å². The van der Waals surface area contributed by atoms with E-state index >= 15 is 0 Å². The van der Waals surface area contributed by atoms with Gasteiger partial charge in [-0.1, -0.05) is 0 Å². The maximum Gasteiger partial charge on any atom is 0.231 e. The number of nitrogens with one attached hydrogen (secondary N) is 1. The maximum atomic E-state index is 5.76. The smallest absolute Gasteiger partial charge is 0.231 e. The molecule has 1 aliphatic heterocycles. The minimum absolute atomic E-state index is 0.0993. The van der Waals surface area contributed by atoms with Crippen molar-refractivity contribution in [3.63, 3.8) is 0 Å². The van der Waals surface area contributed by atoms with Gasteiger partial charge in [0.05, 0.1) is 17.9 Å². The number of ether oxygens (including phenoxy) is 2. The van der Waals surface area contributed by atoms with E-state index in [0.29, 0.717) is 0 Å². The van der Waals surface area contributed by atoms with Gasteiger partial charge in [0.15, 0.2) is 11.5 Å². The highest BCUT2D eigenvalue weighted by Gasteiger charge is 2.15. The van der Waals surface area contributed by atoms with Crippen LogP contribution in [-0.4, -0.2) is 16.8 Å². The molecule has 1 aromatic carbocycles. The number of hydrogen-bond acceptors (Lipinski definition) is 4. The summed E-state index contributed by atoms with van der Waals surface area (Å²) in [6.07, 6.45) is 1.77. The molecule has 0 fully saturated rings. The molecule has 2 heterocycles. The van der Waals surface area contributed by atoms with Crippen molar-refractivity contribution in [1.82, 2.24) is 9.97 Å². The first-order valence-electron chi connectivity index (χ1n) is 5.44. The largest absolute Gasteiger partial charge is 0.454 e. The highest BCUT2D eigenvalue weighted by atomic mass is 16.7. The second-order valence-electron chi connectivity index (χ2n) is 4.04. The summed E-state index contributed by atoms with van der Waals surface area (Å²) in [7, 11) is 0. The molecule has 0 unspecified atom stereocenters. The zero-order valence-electron chi connectivity index (χ0n) is 9.43. The maximum absolute atomic E-state index is 5.76. The van der Waals surface area contributed by atoms with Crippen LogP contribution in [0.5, 0.6) is 11.5 Å². The van der Waals surface area contributed by atoms with Crippen LogP contribution in [0.15, 0.2) is 24.4 Å². The van der Waals surface area contributed by atoms with Crippen LogP contribution >= 0.6 is 0 Å². The van der Waals surface area contributed by atoms with Crippen LogP contribution in [0.25, 0.3) is 11.3 Å². The number of rotatable bonds is 2. The number of nitrogens with two attached hydrogens (primary N) is 1. The van der Waals surface area contributed by atoms with Crippen LogP contribution in [0.3, 0.4) is 0 Å². The van der Waals surface area contributed by atoms with Crippen molar-refractivity contribution in [2.45, 2.75) is 13.0 Å². The van der Waals surface area contributed by atoms with Gasteiger partial charge in [-0.25, -0.2) is 4.98 Å². The molecule has 5 nitrogen and oxygen atoms in total. The first-order chi connectivity index (χ1) is 8.24. The van der Waals surface area contributed by atoms with Crippen molar-refractivity contribution in [2.24, 2.45) is 5.73 Å². The minimum Gasteiger partial charge on any atom is -0.454 e. The molecule has 1 aliphatic rings. The van der Waals surface area contributed by atoms with Gasteiger partial charge in [-0.2, -0.15) is 0 Å². The number of aromatic amines is 1. The van der Waals surface area contributed by atoms with Crippen LogP contribution in [-0.2, 0) is 0 Å². The summed E-state index contributed by atoms with van der Waals surface area (Å²) in [5.74, 6) is 2.32. The minimum atomic E-state index is -0.0993. The van der Waals surface area contributed by atoms with E-state index in [1.54, 1.807) is 6.20 Å². The fourth-order valence-corrected chi connectivity index (χ4v) is 1.78. The molecule has 0 aliphatic carbocycles. The number of aromatic nitrogens is 2. The van der Waals surface area contributed by atoms with Gasteiger partial charge in [0.2, 0.25) is 6.79 Å². The fraction of sp³-hybridized carbons (Fsp3) is 0.250. The zero-order valence-corrected chi connectivity index (χ0v) is 9.43. The molecule has 2 aromatic rings. The van der Waals surface area contributed by atoms with E-state index in [2.05, 4.69) is 9.97 Å². The van der Waals surface area contributed by atoms with Gasteiger partial charge in [-0.3, -0.25) is 0 Å². The van der Waals surface area contributed by atoms with Crippen LogP contribution in [0, 0.1) is 0 Å². The third kappa shape index (κ3) is 1.74. The highest BCUT2D eigenvalue weighted by molar-refractivity contribution is 5.64. The van der Waals surface area contributed by atoms with E-state index in [1.165, 1.54) is 0 Å². The number of imidazole rings is 1. The van der Waals surface area contributed by atoms with Gasteiger partial charge in [0, 0.05) is 5.56 Å². The van der Waals surface area contributed by atoms with Gasteiger partial charge < -0.3 is 20.2 Å². The van der Waals surface area contributed by atoms with Crippen molar-refractivity contribution >= 4 is 0 Å². The van der Waals surface area contributed by atoms with Gasteiger partial charge in [-0.15, -0.1) is 0 Å². The summed E-state index contributed by atoms with van der Waals surface area (Å²) in [6.45, 7) is 2.18. The Kier molecular flexibility index (Phi) is 2.26. The molecule has 3 rings (SSSR count). The number of fused-ring (bicyclic) bond motifs is 1. The Morgan fingerprint density at radius 1 is 1.35 bits per heavy atom. The van der Waals surface area contributed by atoms with Crippen LogP contribution in [0.4, 0.5) is 0 Å². The number of benzene rings is 1. The molecule has 0 amide bonds. The SMILES string of the molecule is C[C@@H](N)c1ncc(-c2ccc3c(c2)OCO3)[nH]1. The lowest BCUT2D eigenvalue weighted by Crippen LogP contribution is -2.06. The van der Waals surface area contributed by atoms with E-state index in [9.17, 15) is 0 Å². The van der Waals surface area contributed by atoms with Crippen LogP contribution < -0.4 is 15.2 Å². The molecular weight excluding hydrogens is 218 g/mol. The molecule has 88 valence electrons. The summed E-state index contributed by atoms with van der Waals surface area (Å²) in [6, 6.07) is 5.69. The van der Waals surface area contributed by atoms with E-state index in [4.69, 9.17) is 15.2 Å². The summed E-state index contributed by atoms with van der Waals surface area (Å²) in [4.78, 5) is 7.42. The Bertz CT molecular complexity index is 548. The van der Waals surface area contributed by atoms with Crippen LogP contribution in [0.1, 0.15) is 18.8 Å². The summed E-state index contributed by atoms with van der Waals surface area (Å²) in [5.41, 5.74) is 7.69. The summed E-state index contributed by atoms with van der Waals surface area (Å²) >= 11 is 0. The number of H-pyrrole nitrogens is 1.